The van der Waals surface area contributed by atoms with Crippen molar-refractivity contribution < 1.29 is 17.9 Å². The highest BCUT2D eigenvalue weighted by Crippen LogP contribution is 2.24. The molecule has 10 heteroatoms. The SMILES string of the molecule is COc1ccc(-c2nnc(CSc3nc(C(F)F)cc(=O)[nH]3)o2)cc1. The molecule has 0 amide bonds. The van der Waals surface area contributed by atoms with Crippen molar-refractivity contribution in [2.24, 2.45) is 0 Å². The summed E-state index contributed by atoms with van der Waals surface area (Å²) in [6, 6.07) is 7.84. The molecule has 3 aromatic rings. The molecule has 130 valence electrons. The maximum absolute atomic E-state index is 12.7. The fraction of sp³-hybridized carbons (Fsp3) is 0.200. The maximum atomic E-state index is 12.7. The quantitative estimate of drug-likeness (QED) is 0.529. The van der Waals surface area contributed by atoms with Gasteiger partial charge in [0.1, 0.15) is 11.4 Å². The molecule has 0 aliphatic carbocycles. The van der Waals surface area contributed by atoms with E-state index in [9.17, 15) is 13.6 Å². The molecule has 0 saturated heterocycles. The van der Waals surface area contributed by atoms with Gasteiger partial charge in [-0.3, -0.25) is 4.79 Å². The molecule has 0 atom stereocenters. The molecule has 0 unspecified atom stereocenters. The number of H-pyrrole nitrogens is 1. The summed E-state index contributed by atoms with van der Waals surface area (Å²) in [6.45, 7) is 0. The molecule has 7 nitrogen and oxygen atoms in total. The first-order valence-electron chi connectivity index (χ1n) is 7.04. The normalized spacial score (nSPS) is 11.0. The average molecular weight is 366 g/mol. The molecule has 0 spiro atoms. The Balaban J connectivity index is 1.70. The van der Waals surface area contributed by atoms with Gasteiger partial charge in [0.25, 0.3) is 12.0 Å². The lowest BCUT2D eigenvalue weighted by Gasteiger charge is -2.01. The Morgan fingerprint density at radius 2 is 2.04 bits per heavy atom. The van der Waals surface area contributed by atoms with Gasteiger partial charge in [-0.25, -0.2) is 13.8 Å². The highest BCUT2D eigenvalue weighted by Gasteiger charge is 2.13. The first-order valence-corrected chi connectivity index (χ1v) is 8.02. The van der Waals surface area contributed by atoms with Gasteiger partial charge in [0.05, 0.1) is 12.9 Å². The second kappa shape index (κ2) is 7.43. The molecule has 0 fully saturated rings. The van der Waals surface area contributed by atoms with Crippen LogP contribution in [0.15, 0.2) is 44.7 Å². The molecule has 2 heterocycles. The summed E-state index contributed by atoms with van der Waals surface area (Å²) in [6.07, 6.45) is -2.81. The lowest BCUT2D eigenvalue weighted by Crippen LogP contribution is -2.10. The number of aromatic nitrogens is 4. The summed E-state index contributed by atoms with van der Waals surface area (Å²) in [5.41, 5.74) is -0.497. The average Bonchev–Trinajstić information content (AvgIpc) is 3.08. The first-order chi connectivity index (χ1) is 12.0. The Bertz CT molecular complexity index is 912. The third-order valence-corrected chi connectivity index (χ3v) is 3.96. The van der Waals surface area contributed by atoms with Gasteiger partial charge in [0.15, 0.2) is 5.16 Å². The fourth-order valence-electron chi connectivity index (χ4n) is 1.93. The van der Waals surface area contributed by atoms with Crippen LogP contribution in [0.3, 0.4) is 0 Å². The Morgan fingerprint density at radius 3 is 2.72 bits per heavy atom. The number of aromatic amines is 1. The number of hydrogen-bond donors (Lipinski definition) is 1. The van der Waals surface area contributed by atoms with E-state index in [0.717, 1.165) is 23.4 Å². The van der Waals surface area contributed by atoms with Crippen molar-refractivity contribution in [3.63, 3.8) is 0 Å². The van der Waals surface area contributed by atoms with Gasteiger partial charge in [-0.1, -0.05) is 11.8 Å². The van der Waals surface area contributed by atoms with Gasteiger partial charge >= 0.3 is 0 Å². The smallest absolute Gasteiger partial charge is 0.280 e. The van der Waals surface area contributed by atoms with E-state index in [2.05, 4.69) is 20.2 Å². The van der Waals surface area contributed by atoms with Crippen LogP contribution < -0.4 is 10.3 Å². The van der Waals surface area contributed by atoms with Crippen LogP contribution in [0, 0.1) is 0 Å². The van der Waals surface area contributed by atoms with Crippen molar-refractivity contribution >= 4 is 11.8 Å². The number of halogens is 2. The van der Waals surface area contributed by atoms with Crippen molar-refractivity contribution in [1.82, 2.24) is 20.2 Å². The summed E-state index contributed by atoms with van der Waals surface area (Å²) in [4.78, 5) is 17.4. The predicted octanol–water partition coefficient (Wildman–Crippen LogP) is 3.06. The molecule has 0 aliphatic heterocycles. The zero-order valence-corrected chi connectivity index (χ0v) is 13.7. The highest BCUT2D eigenvalue weighted by molar-refractivity contribution is 7.98. The van der Waals surface area contributed by atoms with E-state index in [-0.39, 0.29) is 16.8 Å². The summed E-state index contributed by atoms with van der Waals surface area (Å²) >= 11 is 1.02. The molecule has 0 bridgehead atoms. The van der Waals surface area contributed by atoms with Crippen molar-refractivity contribution in [2.75, 3.05) is 7.11 Å². The minimum atomic E-state index is -2.81. The molecule has 2 aromatic heterocycles. The minimum absolute atomic E-state index is 0.0620. The van der Waals surface area contributed by atoms with Crippen molar-refractivity contribution in [1.29, 1.82) is 0 Å². The number of nitrogens with one attached hydrogen (secondary N) is 1. The predicted molar refractivity (Wildman–Crippen MR) is 85.7 cm³/mol. The zero-order valence-electron chi connectivity index (χ0n) is 12.9. The minimum Gasteiger partial charge on any atom is -0.497 e. The monoisotopic (exact) mass is 366 g/mol. The Hall–Kier alpha value is -2.75. The molecule has 1 aromatic carbocycles. The Kier molecular flexibility index (Phi) is 5.08. The number of ether oxygens (including phenoxy) is 1. The lowest BCUT2D eigenvalue weighted by molar-refractivity contribution is 0.145. The lowest BCUT2D eigenvalue weighted by atomic mass is 10.2. The van der Waals surface area contributed by atoms with Gasteiger partial charge in [0.2, 0.25) is 11.8 Å². The van der Waals surface area contributed by atoms with Crippen molar-refractivity contribution in [3.05, 3.63) is 52.3 Å². The van der Waals surface area contributed by atoms with Crippen LogP contribution >= 0.6 is 11.8 Å². The third-order valence-electron chi connectivity index (χ3n) is 3.10. The standard InChI is InChI=1S/C15H12F2N4O3S/c1-23-9-4-2-8(3-5-9)14-21-20-12(24-14)7-25-15-18-10(13(16)17)6-11(22)19-15/h2-6,13H,7H2,1H3,(H,18,19,22). The largest absolute Gasteiger partial charge is 0.497 e. The van der Waals surface area contributed by atoms with E-state index in [1.807, 2.05) is 0 Å². The van der Waals surface area contributed by atoms with E-state index in [0.29, 0.717) is 11.6 Å². The van der Waals surface area contributed by atoms with E-state index in [1.54, 1.807) is 31.4 Å². The number of nitrogens with zero attached hydrogens (tertiary/aromatic N) is 3. The summed E-state index contributed by atoms with van der Waals surface area (Å²) in [7, 11) is 1.57. The van der Waals surface area contributed by atoms with E-state index < -0.39 is 17.7 Å². The molecule has 1 N–H and O–H groups in total. The number of rotatable bonds is 6. The van der Waals surface area contributed by atoms with E-state index >= 15 is 0 Å². The van der Waals surface area contributed by atoms with Crippen molar-refractivity contribution in [3.8, 4) is 17.2 Å². The molecule has 25 heavy (non-hydrogen) atoms. The number of benzene rings is 1. The van der Waals surface area contributed by atoms with Gasteiger partial charge in [-0.05, 0) is 24.3 Å². The van der Waals surface area contributed by atoms with Gasteiger partial charge < -0.3 is 14.1 Å². The molecule has 0 radical (unpaired) electrons. The fourth-order valence-corrected chi connectivity index (χ4v) is 2.65. The van der Waals surface area contributed by atoms with Crippen LogP contribution in [-0.2, 0) is 5.75 Å². The van der Waals surface area contributed by atoms with E-state index in [1.165, 1.54) is 0 Å². The van der Waals surface area contributed by atoms with Crippen LogP contribution in [-0.4, -0.2) is 27.3 Å². The van der Waals surface area contributed by atoms with Crippen LogP contribution in [0.4, 0.5) is 8.78 Å². The second-order valence-corrected chi connectivity index (χ2v) is 5.76. The molecule has 3 rings (SSSR count). The van der Waals surface area contributed by atoms with Crippen LogP contribution in [0.1, 0.15) is 18.0 Å². The van der Waals surface area contributed by atoms with Crippen LogP contribution in [0.25, 0.3) is 11.5 Å². The highest BCUT2D eigenvalue weighted by atomic mass is 32.2. The molecule has 0 aliphatic rings. The third kappa shape index (κ3) is 4.21. The summed E-state index contributed by atoms with van der Waals surface area (Å²) in [5, 5.41) is 7.89. The molecule has 0 saturated carbocycles. The van der Waals surface area contributed by atoms with Crippen LogP contribution in [0.5, 0.6) is 5.75 Å². The first kappa shape index (κ1) is 17.1. The zero-order chi connectivity index (χ0) is 17.8. The molecular formula is C15H12F2N4O3S. The Morgan fingerprint density at radius 1 is 1.28 bits per heavy atom. The molecular weight excluding hydrogens is 354 g/mol. The topological polar surface area (TPSA) is 93.9 Å². The second-order valence-electron chi connectivity index (χ2n) is 4.79. The number of thioether (sulfide) groups is 1. The maximum Gasteiger partial charge on any atom is 0.280 e. The van der Waals surface area contributed by atoms with Gasteiger partial charge in [0, 0.05) is 11.6 Å². The van der Waals surface area contributed by atoms with Gasteiger partial charge in [-0.15, -0.1) is 10.2 Å². The number of hydrogen-bond acceptors (Lipinski definition) is 7. The summed E-state index contributed by atoms with van der Waals surface area (Å²) in [5.74, 6) is 1.48. The number of alkyl halides is 2. The summed E-state index contributed by atoms with van der Waals surface area (Å²) < 4.78 is 35.9. The Labute approximate surface area is 144 Å². The van der Waals surface area contributed by atoms with Crippen LogP contribution in [0.2, 0.25) is 0 Å². The number of methoxy groups -OCH3 is 1. The van der Waals surface area contributed by atoms with E-state index in [4.69, 9.17) is 9.15 Å². The van der Waals surface area contributed by atoms with Crippen molar-refractivity contribution in [2.45, 2.75) is 17.3 Å². The van der Waals surface area contributed by atoms with Gasteiger partial charge in [-0.2, -0.15) is 0 Å².